The second-order valence-electron chi connectivity index (χ2n) is 7.13. The van der Waals surface area contributed by atoms with E-state index >= 15 is 0 Å². The zero-order chi connectivity index (χ0) is 20.8. The summed E-state index contributed by atoms with van der Waals surface area (Å²) in [6.07, 6.45) is -0.643. The molecule has 3 aromatic carbocycles. The minimum Gasteiger partial charge on any atom is -0.492 e. The lowest BCUT2D eigenvalue weighted by Gasteiger charge is -2.15. The molecule has 4 N–H and O–H groups in total. The van der Waals surface area contributed by atoms with E-state index in [2.05, 4.69) is 16.4 Å². The zero-order valence-corrected chi connectivity index (χ0v) is 16.7. The maximum Gasteiger partial charge on any atom is 0.129 e. The molecular weight excluding hydrogens is 380 g/mol. The van der Waals surface area contributed by atoms with Gasteiger partial charge in [0.05, 0.1) is 12.1 Å². The Morgan fingerprint density at radius 3 is 2.53 bits per heavy atom. The molecule has 4 rings (SSSR count). The van der Waals surface area contributed by atoms with Gasteiger partial charge in [0.15, 0.2) is 0 Å². The number of H-pyrrole nitrogens is 1. The monoisotopic (exact) mass is 406 g/mol. The molecule has 0 aliphatic carbocycles. The molecule has 0 spiro atoms. The Balaban J connectivity index is 1.26. The number of hydrogen-bond acceptors (Lipinski definition) is 5. The predicted octanol–water partition coefficient (Wildman–Crippen LogP) is 3.22. The molecule has 156 valence electrons. The lowest BCUT2D eigenvalue weighted by atomic mass is 10.1. The molecule has 0 fully saturated rings. The third-order valence-electron chi connectivity index (χ3n) is 4.98. The van der Waals surface area contributed by atoms with Gasteiger partial charge in [0, 0.05) is 34.9 Å². The number of aliphatic hydroxyl groups is 2. The van der Waals surface area contributed by atoms with Crippen LogP contribution < -0.4 is 14.8 Å². The summed E-state index contributed by atoms with van der Waals surface area (Å²) in [6.45, 7) is 1.56. The molecule has 0 aliphatic rings. The van der Waals surface area contributed by atoms with E-state index in [1.54, 1.807) is 0 Å². The van der Waals surface area contributed by atoms with Crippen molar-refractivity contribution < 1.29 is 19.7 Å². The zero-order valence-electron chi connectivity index (χ0n) is 16.7. The second-order valence-corrected chi connectivity index (χ2v) is 7.13. The van der Waals surface area contributed by atoms with Crippen molar-refractivity contribution in [3.05, 3.63) is 72.3 Å². The Hall–Kier alpha value is -3.06. The molecule has 0 amide bonds. The average molecular weight is 406 g/mol. The van der Waals surface area contributed by atoms with Crippen molar-refractivity contribution in [2.45, 2.75) is 12.7 Å². The number of aromatic amines is 1. The van der Waals surface area contributed by atoms with E-state index in [4.69, 9.17) is 9.47 Å². The summed E-state index contributed by atoms with van der Waals surface area (Å²) in [6, 6.07) is 21.4. The van der Waals surface area contributed by atoms with E-state index in [9.17, 15) is 10.2 Å². The average Bonchev–Trinajstić information content (AvgIpc) is 3.17. The van der Waals surface area contributed by atoms with Crippen LogP contribution in [0.25, 0.3) is 21.8 Å². The molecule has 1 atom stereocenters. The molecular formula is C24H26N2O4. The second kappa shape index (κ2) is 9.63. The van der Waals surface area contributed by atoms with Crippen molar-refractivity contribution >= 4 is 21.8 Å². The number of aliphatic hydroxyl groups excluding tert-OH is 2. The van der Waals surface area contributed by atoms with Gasteiger partial charge >= 0.3 is 0 Å². The van der Waals surface area contributed by atoms with Gasteiger partial charge in [-0.1, -0.05) is 42.5 Å². The third kappa shape index (κ3) is 4.57. The number of rotatable bonds is 10. The maximum atomic E-state index is 10.3. The van der Waals surface area contributed by atoms with Gasteiger partial charge in [-0.15, -0.1) is 0 Å². The highest BCUT2D eigenvalue weighted by Crippen LogP contribution is 2.32. The molecule has 1 unspecified atom stereocenters. The van der Waals surface area contributed by atoms with Gasteiger partial charge in [-0.05, 0) is 24.3 Å². The SMILES string of the molecule is OCc1ccccc1OCCNCC(O)COc1cccc2[nH]c3ccccc3c12. The Morgan fingerprint density at radius 2 is 1.63 bits per heavy atom. The van der Waals surface area contributed by atoms with Crippen molar-refractivity contribution in [2.24, 2.45) is 0 Å². The van der Waals surface area contributed by atoms with Gasteiger partial charge in [-0.3, -0.25) is 0 Å². The number of aromatic nitrogens is 1. The topological polar surface area (TPSA) is 86.7 Å². The standard InChI is InChI=1S/C24H26N2O4/c27-15-17-6-1-4-10-22(17)29-13-12-25-14-18(28)16-30-23-11-5-9-21-24(23)19-7-2-3-8-20(19)26-21/h1-11,18,25-28H,12-16H2. The van der Waals surface area contributed by atoms with Gasteiger partial charge in [-0.25, -0.2) is 0 Å². The Bertz CT molecular complexity index is 1110. The summed E-state index contributed by atoms with van der Waals surface area (Å²) in [5.41, 5.74) is 2.84. The summed E-state index contributed by atoms with van der Waals surface area (Å²) in [5.74, 6) is 1.44. The Kier molecular flexibility index (Phi) is 6.49. The largest absolute Gasteiger partial charge is 0.492 e. The molecule has 1 heterocycles. The normalized spacial score (nSPS) is 12.3. The highest BCUT2D eigenvalue weighted by molar-refractivity contribution is 6.10. The maximum absolute atomic E-state index is 10.3. The first-order chi connectivity index (χ1) is 14.8. The molecule has 0 aliphatic heterocycles. The highest BCUT2D eigenvalue weighted by atomic mass is 16.5. The van der Waals surface area contributed by atoms with Gasteiger partial charge in [0.2, 0.25) is 0 Å². The number of benzene rings is 3. The van der Waals surface area contributed by atoms with E-state index in [-0.39, 0.29) is 13.2 Å². The molecule has 6 nitrogen and oxygen atoms in total. The molecule has 1 aromatic heterocycles. The fourth-order valence-corrected chi connectivity index (χ4v) is 3.51. The van der Waals surface area contributed by atoms with Gasteiger partial charge in [0.25, 0.3) is 0 Å². The van der Waals surface area contributed by atoms with Crippen molar-refractivity contribution in [1.29, 1.82) is 0 Å². The number of para-hydroxylation sites is 2. The number of nitrogens with one attached hydrogen (secondary N) is 2. The molecule has 30 heavy (non-hydrogen) atoms. The van der Waals surface area contributed by atoms with Crippen molar-refractivity contribution in [3.63, 3.8) is 0 Å². The summed E-state index contributed by atoms with van der Waals surface area (Å²) >= 11 is 0. The van der Waals surface area contributed by atoms with Crippen molar-refractivity contribution in [1.82, 2.24) is 10.3 Å². The molecule has 0 bridgehead atoms. The van der Waals surface area contributed by atoms with Crippen LogP contribution in [0.4, 0.5) is 0 Å². The first kappa shape index (κ1) is 20.2. The number of ether oxygens (including phenoxy) is 2. The van der Waals surface area contributed by atoms with E-state index < -0.39 is 6.10 Å². The van der Waals surface area contributed by atoms with Crippen LogP contribution in [0.2, 0.25) is 0 Å². The lowest BCUT2D eigenvalue weighted by Crippen LogP contribution is -2.33. The molecule has 6 heteroatoms. The van der Waals surface area contributed by atoms with Crippen LogP contribution in [0.1, 0.15) is 5.56 Å². The number of fused-ring (bicyclic) bond motifs is 3. The minimum absolute atomic E-state index is 0.0527. The summed E-state index contributed by atoms with van der Waals surface area (Å²) in [7, 11) is 0. The van der Waals surface area contributed by atoms with E-state index in [1.165, 1.54) is 0 Å². The minimum atomic E-state index is -0.643. The van der Waals surface area contributed by atoms with E-state index in [1.807, 2.05) is 60.7 Å². The van der Waals surface area contributed by atoms with Crippen LogP contribution in [0.3, 0.4) is 0 Å². The van der Waals surface area contributed by atoms with Gasteiger partial charge in [0.1, 0.15) is 30.8 Å². The van der Waals surface area contributed by atoms with Crippen LogP contribution >= 0.6 is 0 Å². The van der Waals surface area contributed by atoms with Crippen LogP contribution in [0.5, 0.6) is 11.5 Å². The van der Waals surface area contributed by atoms with Crippen LogP contribution in [0.15, 0.2) is 66.7 Å². The molecule has 0 saturated heterocycles. The fraction of sp³-hybridized carbons (Fsp3) is 0.250. The van der Waals surface area contributed by atoms with Gasteiger partial charge < -0.3 is 30.0 Å². The van der Waals surface area contributed by atoms with Crippen molar-refractivity contribution in [3.8, 4) is 11.5 Å². The van der Waals surface area contributed by atoms with Crippen LogP contribution in [-0.2, 0) is 6.61 Å². The Morgan fingerprint density at radius 1 is 0.867 bits per heavy atom. The van der Waals surface area contributed by atoms with Crippen molar-refractivity contribution in [2.75, 3.05) is 26.3 Å². The smallest absolute Gasteiger partial charge is 0.129 e. The fourth-order valence-electron chi connectivity index (χ4n) is 3.51. The summed E-state index contributed by atoms with van der Waals surface area (Å²) in [4.78, 5) is 3.39. The predicted molar refractivity (Wildman–Crippen MR) is 118 cm³/mol. The first-order valence-electron chi connectivity index (χ1n) is 10.1. The lowest BCUT2D eigenvalue weighted by molar-refractivity contribution is 0.106. The molecule has 0 radical (unpaired) electrons. The Labute approximate surface area is 175 Å². The summed E-state index contributed by atoms with van der Waals surface area (Å²) in [5, 5.41) is 24.9. The quantitative estimate of drug-likeness (QED) is 0.304. The van der Waals surface area contributed by atoms with E-state index in [0.717, 1.165) is 33.1 Å². The third-order valence-corrected chi connectivity index (χ3v) is 4.98. The molecule has 4 aromatic rings. The first-order valence-corrected chi connectivity index (χ1v) is 10.1. The molecule has 0 saturated carbocycles. The summed E-state index contributed by atoms with van der Waals surface area (Å²) < 4.78 is 11.6. The van der Waals surface area contributed by atoms with Gasteiger partial charge in [-0.2, -0.15) is 0 Å². The number of hydrogen-bond donors (Lipinski definition) is 4. The van der Waals surface area contributed by atoms with E-state index in [0.29, 0.717) is 25.4 Å². The van der Waals surface area contributed by atoms with Crippen LogP contribution in [0, 0.1) is 0 Å². The highest BCUT2D eigenvalue weighted by Gasteiger charge is 2.11. The van der Waals surface area contributed by atoms with Crippen LogP contribution in [-0.4, -0.2) is 47.6 Å².